The maximum absolute atomic E-state index is 13.9. The van der Waals surface area contributed by atoms with E-state index in [0.717, 1.165) is 16.9 Å². The molecule has 1 saturated heterocycles. The molecular weight excluding hydrogens is 538 g/mol. The number of carbonyl (C=O) groups is 6. The molecule has 2 atom stereocenters. The minimum atomic E-state index is -1.39. The second-order valence-corrected chi connectivity index (χ2v) is 9.21. The van der Waals surface area contributed by atoms with Crippen LogP contribution in [0.25, 0.3) is 0 Å². The van der Waals surface area contributed by atoms with Crippen LogP contribution >= 0.6 is 0 Å². The van der Waals surface area contributed by atoms with Crippen LogP contribution in [-0.2, 0) is 30.3 Å². The van der Waals surface area contributed by atoms with Crippen LogP contribution in [0, 0.1) is 5.41 Å². The molecule has 0 unspecified atom stereocenters. The zero-order valence-electron chi connectivity index (χ0n) is 22.0. The third-order valence-corrected chi connectivity index (χ3v) is 6.46. The SMILES string of the molecule is COC(=O)C[C@H]1C(=O)N(CC(=O)O)CCN1C(=O)[C@H](Cc1cccc(C(=O)O)c1)NC(=O)c1ccc(C(=N)N)cc1. The third-order valence-electron chi connectivity index (χ3n) is 6.46. The number of carbonyl (C=O) groups excluding carboxylic acids is 4. The zero-order valence-corrected chi connectivity index (χ0v) is 22.0. The molecule has 0 aromatic heterocycles. The van der Waals surface area contributed by atoms with Crippen molar-refractivity contribution in [1.29, 1.82) is 5.41 Å². The molecular formula is C27H29N5O9. The number of ether oxygens (including phenoxy) is 1. The van der Waals surface area contributed by atoms with Crippen molar-refractivity contribution in [3.05, 3.63) is 70.8 Å². The summed E-state index contributed by atoms with van der Waals surface area (Å²) in [7, 11) is 1.10. The number of aromatic carboxylic acids is 1. The van der Waals surface area contributed by atoms with Gasteiger partial charge in [-0.25, -0.2) is 4.79 Å². The molecule has 2 aromatic carbocycles. The molecule has 2 aromatic rings. The van der Waals surface area contributed by atoms with E-state index in [1.54, 1.807) is 6.07 Å². The van der Waals surface area contributed by atoms with Gasteiger partial charge in [0.2, 0.25) is 11.8 Å². The van der Waals surface area contributed by atoms with Crippen molar-refractivity contribution in [2.45, 2.75) is 24.9 Å². The molecule has 216 valence electrons. The number of nitrogens with zero attached hydrogens (tertiary/aromatic N) is 2. The maximum Gasteiger partial charge on any atom is 0.335 e. The number of carboxylic acid groups (broad SMARTS) is 2. The normalized spacial score (nSPS) is 15.5. The Balaban J connectivity index is 1.95. The molecule has 0 aliphatic carbocycles. The summed E-state index contributed by atoms with van der Waals surface area (Å²) in [5.41, 5.74) is 6.34. The number of rotatable bonds is 11. The zero-order chi connectivity index (χ0) is 30.3. The number of nitrogens with one attached hydrogen (secondary N) is 2. The predicted molar refractivity (Wildman–Crippen MR) is 142 cm³/mol. The van der Waals surface area contributed by atoms with Gasteiger partial charge in [-0.2, -0.15) is 0 Å². The first-order valence-corrected chi connectivity index (χ1v) is 12.4. The van der Waals surface area contributed by atoms with Gasteiger partial charge in [0.15, 0.2) is 0 Å². The fourth-order valence-corrected chi connectivity index (χ4v) is 4.37. The van der Waals surface area contributed by atoms with Gasteiger partial charge in [0.25, 0.3) is 5.91 Å². The molecule has 0 bridgehead atoms. The lowest BCUT2D eigenvalue weighted by atomic mass is 9.99. The summed E-state index contributed by atoms with van der Waals surface area (Å²) in [6, 6.07) is 8.80. The highest BCUT2D eigenvalue weighted by molar-refractivity contribution is 6.01. The smallest absolute Gasteiger partial charge is 0.335 e. The van der Waals surface area contributed by atoms with Crippen LogP contribution in [0.2, 0.25) is 0 Å². The van der Waals surface area contributed by atoms with E-state index < -0.39 is 60.7 Å². The first-order chi connectivity index (χ1) is 19.4. The molecule has 0 saturated carbocycles. The Bertz CT molecular complexity index is 1380. The molecule has 0 spiro atoms. The molecule has 14 heteroatoms. The number of nitrogen functional groups attached to an aromatic ring is 1. The van der Waals surface area contributed by atoms with Crippen molar-refractivity contribution in [2.24, 2.45) is 5.73 Å². The van der Waals surface area contributed by atoms with E-state index in [1.807, 2.05) is 0 Å². The van der Waals surface area contributed by atoms with Crippen LogP contribution in [0.15, 0.2) is 48.5 Å². The van der Waals surface area contributed by atoms with Gasteiger partial charge in [0.05, 0.1) is 19.1 Å². The van der Waals surface area contributed by atoms with Crippen LogP contribution < -0.4 is 11.1 Å². The lowest BCUT2D eigenvalue weighted by molar-refractivity contribution is -0.159. The van der Waals surface area contributed by atoms with Gasteiger partial charge >= 0.3 is 17.9 Å². The van der Waals surface area contributed by atoms with Crippen LogP contribution in [0.4, 0.5) is 0 Å². The largest absolute Gasteiger partial charge is 0.480 e. The van der Waals surface area contributed by atoms with Gasteiger partial charge in [-0.15, -0.1) is 0 Å². The van der Waals surface area contributed by atoms with Crippen molar-refractivity contribution < 1.29 is 43.7 Å². The third kappa shape index (κ3) is 7.65. The summed E-state index contributed by atoms with van der Waals surface area (Å²) >= 11 is 0. The number of carboxylic acids is 2. The molecule has 3 amide bonds. The average molecular weight is 568 g/mol. The van der Waals surface area contributed by atoms with E-state index in [1.165, 1.54) is 42.5 Å². The number of piperazine rings is 1. The Morgan fingerprint density at radius 1 is 1.05 bits per heavy atom. The van der Waals surface area contributed by atoms with E-state index in [0.29, 0.717) is 11.1 Å². The van der Waals surface area contributed by atoms with E-state index >= 15 is 0 Å². The number of amidine groups is 1. The summed E-state index contributed by atoms with van der Waals surface area (Å²) in [4.78, 5) is 77.2. The van der Waals surface area contributed by atoms with Gasteiger partial charge in [0.1, 0.15) is 24.5 Å². The number of nitrogens with two attached hydrogens (primary N) is 1. The van der Waals surface area contributed by atoms with E-state index in [2.05, 4.69) is 10.1 Å². The Labute approximate surface area is 234 Å². The standard InChI is InChI=1S/C27H29N5O9/c1-41-22(35)13-20-26(38)31(14-21(33)34)9-10-32(20)25(37)19(12-15-3-2-4-18(11-15)27(39)40)30-24(36)17-7-5-16(6-8-17)23(28)29/h2-8,11,19-20H,9-10,12-14H2,1H3,(H3,28,29)(H,30,36)(H,33,34)(H,39,40)/t19-,20-/m0/s1. The van der Waals surface area contributed by atoms with Gasteiger partial charge in [-0.3, -0.25) is 29.4 Å². The fraction of sp³-hybridized carbons (Fsp3) is 0.296. The lowest BCUT2D eigenvalue weighted by Crippen LogP contribution is -2.63. The number of hydrogen-bond acceptors (Lipinski definition) is 8. The van der Waals surface area contributed by atoms with Gasteiger partial charge in [-0.05, 0) is 29.8 Å². The summed E-state index contributed by atoms with van der Waals surface area (Å²) in [5.74, 6) is -5.65. The number of methoxy groups -OCH3 is 1. The van der Waals surface area contributed by atoms with Gasteiger partial charge in [-0.1, -0.05) is 24.3 Å². The van der Waals surface area contributed by atoms with Crippen molar-refractivity contribution in [1.82, 2.24) is 15.1 Å². The van der Waals surface area contributed by atoms with E-state index in [4.69, 9.17) is 16.2 Å². The molecule has 41 heavy (non-hydrogen) atoms. The second kappa shape index (κ2) is 13.2. The molecule has 0 radical (unpaired) electrons. The Morgan fingerprint density at radius 3 is 2.29 bits per heavy atom. The minimum absolute atomic E-state index is 0.0409. The quantitative estimate of drug-likeness (QED) is 0.135. The first-order valence-electron chi connectivity index (χ1n) is 12.4. The Kier molecular flexibility index (Phi) is 9.74. The summed E-state index contributed by atoms with van der Waals surface area (Å²) in [5, 5.41) is 28.7. The van der Waals surface area contributed by atoms with Crippen LogP contribution in [-0.4, -0.2) is 100 Å². The topological polar surface area (TPSA) is 220 Å². The molecule has 6 N–H and O–H groups in total. The van der Waals surface area contributed by atoms with Crippen LogP contribution in [0.1, 0.15) is 38.3 Å². The molecule has 3 rings (SSSR count). The Hall–Kier alpha value is -5.27. The fourth-order valence-electron chi connectivity index (χ4n) is 4.37. The van der Waals surface area contributed by atoms with Gasteiger partial charge < -0.3 is 35.8 Å². The van der Waals surface area contributed by atoms with Crippen molar-refractivity contribution in [3.8, 4) is 0 Å². The molecule has 1 heterocycles. The van der Waals surface area contributed by atoms with Crippen molar-refractivity contribution >= 4 is 41.5 Å². The average Bonchev–Trinajstić information content (AvgIpc) is 2.94. The number of aliphatic carboxylic acids is 1. The summed E-state index contributed by atoms with van der Waals surface area (Å²) < 4.78 is 4.67. The minimum Gasteiger partial charge on any atom is -0.480 e. The highest BCUT2D eigenvalue weighted by Crippen LogP contribution is 2.19. The van der Waals surface area contributed by atoms with E-state index in [-0.39, 0.29) is 36.5 Å². The number of benzene rings is 2. The highest BCUT2D eigenvalue weighted by Gasteiger charge is 2.42. The van der Waals surface area contributed by atoms with Crippen molar-refractivity contribution in [2.75, 3.05) is 26.7 Å². The number of amides is 3. The summed E-state index contributed by atoms with van der Waals surface area (Å²) in [6.45, 7) is -0.887. The molecule has 1 fully saturated rings. The van der Waals surface area contributed by atoms with Crippen molar-refractivity contribution in [3.63, 3.8) is 0 Å². The lowest BCUT2D eigenvalue weighted by Gasteiger charge is -2.41. The monoisotopic (exact) mass is 567 g/mol. The number of esters is 1. The molecule has 1 aliphatic heterocycles. The second-order valence-electron chi connectivity index (χ2n) is 9.21. The van der Waals surface area contributed by atoms with Gasteiger partial charge in [0, 0.05) is 30.6 Å². The Morgan fingerprint density at radius 2 is 1.71 bits per heavy atom. The first kappa shape index (κ1) is 30.3. The predicted octanol–water partition coefficient (Wildman–Crippen LogP) is -0.303. The maximum atomic E-state index is 13.9. The highest BCUT2D eigenvalue weighted by atomic mass is 16.5. The van der Waals surface area contributed by atoms with Crippen LogP contribution in [0.5, 0.6) is 0 Å². The molecule has 14 nitrogen and oxygen atoms in total. The number of hydrogen-bond donors (Lipinski definition) is 5. The van der Waals surface area contributed by atoms with Crippen LogP contribution in [0.3, 0.4) is 0 Å². The summed E-state index contributed by atoms with van der Waals surface area (Å²) in [6.07, 6.45) is -0.704. The molecule has 1 aliphatic rings. The van der Waals surface area contributed by atoms with E-state index in [9.17, 15) is 33.9 Å².